The number of hydrogen-bond donors (Lipinski definition) is 2. The van der Waals surface area contributed by atoms with E-state index in [-0.39, 0.29) is 34.4 Å². The highest BCUT2D eigenvalue weighted by molar-refractivity contribution is 8.00. The lowest BCUT2D eigenvalue weighted by atomic mass is 9.76. The van der Waals surface area contributed by atoms with Gasteiger partial charge in [-0.05, 0) is 148 Å². The van der Waals surface area contributed by atoms with E-state index >= 15 is 0 Å². The minimum Gasteiger partial charge on any atom is -0.492 e. The molecule has 17 heteroatoms. The van der Waals surface area contributed by atoms with Crippen LogP contribution in [0.5, 0.6) is 5.75 Å². The van der Waals surface area contributed by atoms with Gasteiger partial charge in [0.15, 0.2) is 22.3 Å². The first-order valence-corrected chi connectivity index (χ1v) is 31.2. The van der Waals surface area contributed by atoms with Gasteiger partial charge in [-0.1, -0.05) is 145 Å². The number of anilines is 6. The van der Waals surface area contributed by atoms with Gasteiger partial charge in [0.1, 0.15) is 35.5 Å². The Labute approximate surface area is 493 Å². The Hall–Kier alpha value is -7.10. The van der Waals surface area contributed by atoms with Crippen LogP contribution in [0.1, 0.15) is 142 Å². The Bertz CT molecular complexity index is 3910. The molecule has 1 atom stereocenters. The molecule has 14 nitrogen and oxygen atoms in total. The van der Waals surface area contributed by atoms with Gasteiger partial charge in [0.05, 0.1) is 32.2 Å². The van der Waals surface area contributed by atoms with Gasteiger partial charge in [0, 0.05) is 35.2 Å². The largest absolute Gasteiger partial charge is 0.492 e. The van der Waals surface area contributed by atoms with E-state index < -0.39 is 15.4 Å². The van der Waals surface area contributed by atoms with E-state index in [0.29, 0.717) is 49.7 Å². The van der Waals surface area contributed by atoms with Gasteiger partial charge in [0.25, 0.3) is 0 Å². The zero-order chi connectivity index (χ0) is 59.4. The molecule has 1 aliphatic rings. The molecular formula is C65H77N11O3S3. The van der Waals surface area contributed by atoms with E-state index in [1.54, 1.807) is 30.0 Å². The minimum absolute atomic E-state index is 0.0110. The molecule has 3 aromatic heterocycles. The molecule has 0 radical (unpaired) electrons. The predicted octanol–water partition coefficient (Wildman–Crippen LogP) is 17.3. The number of nitriles is 1. The number of azo groups is 1. The minimum atomic E-state index is -3.96. The fraction of sp³-hybridized carbons (Fsp3) is 0.385. The molecule has 1 unspecified atom stereocenters. The summed E-state index contributed by atoms with van der Waals surface area (Å²) in [7, 11) is -1.93. The number of benzene rings is 5. The normalized spacial score (nSPS) is 14.0. The molecule has 5 aromatic carbocycles. The van der Waals surface area contributed by atoms with Crippen molar-refractivity contribution in [2.45, 2.75) is 155 Å². The van der Waals surface area contributed by atoms with E-state index in [2.05, 4.69) is 158 Å². The molecule has 0 aliphatic carbocycles. The third-order valence-corrected chi connectivity index (χ3v) is 19.7. The van der Waals surface area contributed by atoms with Gasteiger partial charge in [-0.2, -0.15) is 10.4 Å². The second-order valence-corrected chi connectivity index (χ2v) is 28.0. The van der Waals surface area contributed by atoms with Crippen molar-refractivity contribution in [3.8, 4) is 11.8 Å². The van der Waals surface area contributed by atoms with E-state index in [9.17, 15) is 13.7 Å². The van der Waals surface area contributed by atoms with Crippen LogP contribution in [0.3, 0.4) is 0 Å². The van der Waals surface area contributed by atoms with Gasteiger partial charge in [-0.3, -0.25) is 4.90 Å². The monoisotopic (exact) mass is 1160 g/mol. The van der Waals surface area contributed by atoms with Crippen LogP contribution >= 0.6 is 23.1 Å². The first-order chi connectivity index (χ1) is 38.7. The van der Waals surface area contributed by atoms with Gasteiger partial charge in [-0.25, -0.2) is 27.8 Å². The van der Waals surface area contributed by atoms with Crippen LogP contribution < -0.4 is 24.6 Å². The number of thiazole rings is 1. The number of para-hydroxylation sites is 1. The van der Waals surface area contributed by atoms with E-state index in [4.69, 9.17) is 30.0 Å². The van der Waals surface area contributed by atoms with Crippen LogP contribution in [0.4, 0.5) is 45.3 Å². The third kappa shape index (κ3) is 11.8. The summed E-state index contributed by atoms with van der Waals surface area (Å²) < 4.78 is 39.9. The fourth-order valence-corrected chi connectivity index (χ4v) is 14.0. The fourth-order valence-electron chi connectivity index (χ4n) is 10.7. The highest BCUT2D eigenvalue weighted by Gasteiger charge is 2.36. The quantitative estimate of drug-likeness (QED) is 0.0620. The van der Waals surface area contributed by atoms with Gasteiger partial charge < -0.3 is 15.0 Å². The molecule has 0 saturated heterocycles. The number of aromatic nitrogens is 4. The Morgan fingerprint density at radius 2 is 1.44 bits per heavy atom. The summed E-state index contributed by atoms with van der Waals surface area (Å²) in [4.78, 5) is 16.1. The van der Waals surface area contributed by atoms with Crippen LogP contribution in [0.2, 0.25) is 0 Å². The molecular weight excluding hydrogens is 1080 g/mol. The molecule has 82 heavy (non-hydrogen) atoms. The number of rotatable bonds is 18. The zero-order valence-corrected chi connectivity index (χ0v) is 53.0. The summed E-state index contributed by atoms with van der Waals surface area (Å²) in [5, 5.41) is 30.3. The van der Waals surface area contributed by atoms with Crippen LogP contribution in [0.25, 0.3) is 10.2 Å². The molecule has 428 valence electrons. The average Bonchev–Trinajstić information content (AvgIpc) is 3.64. The molecule has 8 aromatic rings. The summed E-state index contributed by atoms with van der Waals surface area (Å²) in [6, 6.07) is 32.7. The maximum atomic E-state index is 14.1. The molecule has 2 N–H and O–H groups in total. The Morgan fingerprint density at radius 3 is 2.07 bits per heavy atom. The molecule has 0 amide bonds. The summed E-state index contributed by atoms with van der Waals surface area (Å²) in [5.74, 6) is 2.10. The summed E-state index contributed by atoms with van der Waals surface area (Å²) in [6.07, 6.45) is 1.92. The SMILES string of the molecule is CCC(C)(C)c1ccc(OCCNS(=O)(=O)c2ccc3nc(N(c4cc(C)c(N=Nc5c(C#N)c(C(C)(C)C)nn5C5Sc6ccccc6N5C)c(Nc5c(C)cc(C)cc5C)n4)c4c(C)cc(C)cc4C)sc3c2)c(C(C)(C)CC)c1. The topological polar surface area (TPSA) is 166 Å². The average molecular weight is 1160 g/mol. The second-order valence-electron chi connectivity index (χ2n) is 24.1. The summed E-state index contributed by atoms with van der Waals surface area (Å²) in [6.45, 7) is 34.1. The lowest BCUT2D eigenvalue weighted by molar-refractivity contribution is 0.310. The van der Waals surface area contributed by atoms with Crippen LogP contribution in [-0.2, 0) is 26.3 Å². The van der Waals surface area contributed by atoms with E-state index in [0.717, 1.165) is 85.1 Å². The van der Waals surface area contributed by atoms with Gasteiger partial charge in [0.2, 0.25) is 10.0 Å². The predicted molar refractivity (Wildman–Crippen MR) is 338 cm³/mol. The van der Waals surface area contributed by atoms with Crippen LogP contribution in [-0.4, -0.2) is 48.4 Å². The van der Waals surface area contributed by atoms with Crippen molar-refractivity contribution >= 4 is 88.7 Å². The molecule has 1 aliphatic heterocycles. The number of pyridine rings is 1. The number of sulfonamides is 1. The standard InChI is InChI=1S/C65H77N11O3S3/c1-18-64(13,14)45-24-27-51(48(35-45)65(15,16)19-2)79-29-28-67-82(77,78)46-25-26-49-53(36-46)80-61(68-49)75(57-43(8)32-39(4)33-44(57)9)54-34-42(7)56(59(69-54)70-55-40(5)30-38(3)31-41(55)6)71-72-60-47(37-66)58(63(10,11)12)73-76(60)62-74(17)50-22-20-21-23-52(50)81-62/h20-27,30-36,62,67H,18-19,28-29H2,1-17H3,(H,69,70). The molecule has 4 heterocycles. The maximum Gasteiger partial charge on any atom is 0.240 e. The van der Waals surface area contributed by atoms with Crippen molar-refractivity contribution in [2.24, 2.45) is 10.2 Å². The molecule has 9 rings (SSSR count). The van der Waals surface area contributed by atoms with E-state index in [1.807, 2.05) is 63.7 Å². The first-order valence-electron chi connectivity index (χ1n) is 28.0. The lowest BCUT2D eigenvalue weighted by Gasteiger charge is -2.30. The van der Waals surface area contributed by atoms with Crippen molar-refractivity contribution in [3.05, 3.63) is 152 Å². The zero-order valence-electron chi connectivity index (χ0n) is 50.5. The van der Waals surface area contributed by atoms with Crippen molar-refractivity contribution in [1.82, 2.24) is 24.5 Å². The number of thioether (sulfide) groups is 1. The highest BCUT2D eigenvalue weighted by Crippen LogP contribution is 2.51. The van der Waals surface area contributed by atoms with Crippen molar-refractivity contribution < 1.29 is 13.2 Å². The van der Waals surface area contributed by atoms with Crippen molar-refractivity contribution in [2.75, 3.05) is 35.3 Å². The summed E-state index contributed by atoms with van der Waals surface area (Å²) in [5.41, 5.74) is 13.4. The molecule has 0 saturated carbocycles. The van der Waals surface area contributed by atoms with Gasteiger partial charge in [-0.15, -0.1) is 10.2 Å². The number of nitrogens with zero attached hydrogens (tertiary/aromatic N) is 9. The molecule has 0 fully saturated rings. The third-order valence-electron chi connectivity index (χ3n) is 15.9. The lowest BCUT2D eigenvalue weighted by Crippen LogP contribution is -2.29. The molecule has 0 bridgehead atoms. The highest BCUT2D eigenvalue weighted by atomic mass is 32.2. The van der Waals surface area contributed by atoms with Gasteiger partial charge >= 0.3 is 0 Å². The maximum absolute atomic E-state index is 14.1. The van der Waals surface area contributed by atoms with Crippen LogP contribution in [0.15, 0.2) is 111 Å². The number of fused-ring (bicyclic) bond motifs is 2. The molecule has 0 spiro atoms. The number of hydrogen-bond acceptors (Lipinski definition) is 14. The number of nitrogens with one attached hydrogen (secondary N) is 2. The summed E-state index contributed by atoms with van der Waals surface area (Å²) >= 11 is 3.03. The number of ether oxygens (including phenoxy) is 1. The number of aryl methyl sites for hydroxylation is 7. The van der Waals surface area contributed by atoms with Crippen LogP contribution in [0, 0.1) is 59.8 Å². The second kappa shape index (κ2) is 22.9. The Kier molecular flexibility index (Phi) is 16.6. The van der Waals surface area contributed by atoms with Crippen molar-refractivity contribution in [1.29, 1.82) is 5.26 Å². The smallest absolute Gasteiger partial charge is 0.240 e. The first kappa shape index (κ1) is 59.5. The van der Waals surface area contributed by atoms with Crippen molar-refractivity contribution in [3.63, 3.8) is 0 Å². The Morgan fingerprint density at radius 1 is 0.780 bits per heavy atom. The van der Waals surface area contributed by atoms with E-state index in [1.165, 1.54) is 16.9 Å². The Balaban J connectivity index is 1.11.